The van der Waals surface area contributed by atoms with Crippen LogP contribution >= 0.6 is 11.8 Å². The SMILES string of the molecule is Nc1ccc(F)c(F)c1NCC1CCSCC1. The van der Waals surface area contributed by atoms with E-state index in [0.717, 1.165) is 30.4 Å². The second-order valence-corrected chi connectivity index (χ2v) is 5.49. The van der Waals surface area contributed by atoms with Crippen molar-refractivity contribution in [3.05, 3.63) is 23.8 Å². The normalized spacial score (nSPS) is 17.1. The molecule has 1 aliphatic heterocycles. The van der Waals surface area contributed by atoms with Gasteiger partial charge in [-0.25, -0.2) is 8.78 Å². The van der Waals surface area contributed by atoms with Gasteiger partial charge in [-0.1, -0.05) is 0 Å². The van der Waals surface area contributed by atoms with Crippen molar-refractivity contribution >= 4 is 23.1 Å². The third-order valence-corrected chi connectivity index (χ3v) is 4.08. The number of nitrogen functional groups attached to an aromatic ring is 1. The summed E-state index contributed by atoms with van der Waals surface area (Å²) in [5.41, 5.74) is 5.99. The molecule has 0 amide bonds. The fourth-order valence-electron chi connectivity index (χ4n) is 1.94. The summed E-state index contributed by atoms with van der Waals surface area (Å²) < 4.78 is 26.5. The first-order valence-electron chi connectivity index (χ1n) is 5.73. The average Bonchev–Trinajstić information content (AvgIpc) is 2.35. The number of nitrogens with two attached hydrogens (primary N) is 1. The molecule has 2 nitrogen and oxygen atoms in total. The highest BCUT2D eigenvalue weighted by Gasteiger charge is 2.16. The van der Waals surface area contributed by atoms with Gasteiger partial charge in [-0.3, -0.25) is 0 Å². The van der Waals surface area contributed by atoms with Gasteiger partial charge < -0.3 is 11.1 Å². The van der Waals surface area contributed by atoms with Gasteiger partial charge in [0.05, 0.1) is 11.4 Å². The first kappa shape index (κ1) is 12.5. The number of halogens is 2. The molecule has 2 rings (SSSR count). The van der Waals surface area contributed by atoms with Gasteiger partial charge >= 0.3 is 0 Å². The minimum Gasteiger partial charge on any atom is -0.397 e. The zero-order chi connectivity index (χ0) is 12.3. The Kier molecular flexibility index (Phi) is 4.10. The topological polar surface area (TPSA) is 38.0 Å². The molecule has 0 bridgehead atoms. The Morgan fingerprint density at radius 2 is 2.00 bits per heavy atom. The molecule has 17 heavy (non-hydrogen) atoms. The molecule has 94 valence electrons. The molecule has 1 aromatic carbocycles. The van der Waals surface area contributed by atoms with Crippen LogP contribution in [0.3, 0.4) is 0 Å². The number of hydrogen-bond acceptors (Lipinski definition) is 3. The van der Waals surface area contributed by atoms with Crippen molar-refractivity contribution < 1.29 is 8.78 Å². The van der Waals surface area contributed by atoms with Crippen molar-refractivity contribution in [3.8, 4) is 0 Å². The molecule has 0 aliphatic carbocycles. The Hall–Kier alpha value is -0.970. The lowest BCUT2D eigenvalue weighted by Gasteiger charge is -2.22. The molecule has 5 heteroatoms. The Morgan fingerprint density at radius 1 is 1.29 bits per heavy atom. The lowest BCUT2D eigenvalue weighted by molar-refractivity contribution is 0.500. The summed E-state index contributed by atoms with van der Waals surface area (Å²) in [7, 11) is 0. The predicted molar refractivity (Wildman–Crippen MR) is 69.3 cm³/mol. The van der Waals surface area contributed by atoms with E-state index in [2.05, 4.69) is 5.32 Å². The van der Waals surface area contributed by atoms with Crippen LogP contribution < -0.4 is 11.1 Å². The molecule has 1 heterocycles. The van der Waals surface area contributed by atoms with Gasteiger partial charge in [0.2, 0.25) is 0 Å². The molecular weight excluding hydrogens is 242 g/mol. The highest BCUT2D eigenvalue weighted by molar-refractivity contribution is 7.99. The van der Waals surface area contributed by atoms with Crippen molar-refractivity contribution in [1.29, 1.82) is 0 Å². The number of thioether (sulfide) groups is 1. The quantitative estimate of drug-likeness (QED) is 0.818. The first-order chi connectivity index (χ1) is 8.18. The number of rotatable bonds is 3. The smallest absolute Gasteiger partial charge is 0.183 e. The summed E-state index contributed by atoms with van der Waals surface area (Å²) in [6.45, 7) is 0.658. The zero-order valence-electron chi connectivity index (χ0n) is 9.51. The Labute approximate surface area is 104 Å². The fourth-order valence-corrected chi connectivity index (χ4v) is 3.15. The van der Waals surface area contributed by atoms with Gasteiger partial charge in [0.1, 0.15) is 0 Å². The van der Waals surface area contributed by atoms with Gasteiger partial charge in [0.15, 0.2) is 11.6 Å². The molecular formula is C12H16F2N2S. The second-order valence-electron chi connectivity index (χ2n) is 4.26. The van der Waals surface area contributed by atoms with E-state index in [1.54, 1.807) is 0 Å². The van der Waals surface area contributed by atoms with Crippen molar-refractivity contribution in [2.24, 2.45) is 5.92 Å². The van der Waals surface area contributed by atoms with Crippen LogP contribution in [0.5, 0.6) is 0 Å². The zero-order valence-corrected chi connectivity index (χ0v) is 10.3. The van der Waals surface area contributed by atoms with Gasteiger partial charge in [0, 0.05) is 6.54 Å². The lowest BCUT2D eigenvalue weighted by atomic mass is 10.0. The maximum Gasteiger partial charge on any atom is 0.183 e. The molecule has 1 aliphatic rings. The third-order valence-electron chi connectivity index (χ3n) is 3.04. The van der Waals surface area contributed by atoms with Gasteiger partial charge in [-0.2, -0.15) is 11.8 Å². The summed E-state index contributed by atoms with van der Waals surface area (Å²) in [5.74, 6) is 1.08. The van der Waals surface area contributed by atoms with Crippen LogP contribution in [-0.2, 0) is 0 Å². The van der Waals surface area contributed by atoms with E-state index in [1.807, 2.05) is 11.8 Å². The predicted octanol–water partition coefficient (Wildman–Crippen LogP) is 3.10. The van der Waals surface area contributed by atoms with Gasteiger partial charge in [-0.15, -0.1) is 0 Å². The van der Waals surface area contributed by atoms with Crippen LogP contribution in [0.15, 0.2) is 12.1 Å². The summed E-state index contributed by atoms with van der Waals surface area (Å²) in [6.07, 6.45) is 2.24. The summed E-state index contributed by atoms with van der Waals surface area (Å²) in [6, 6.07) is 2.44. The number of hydrogen-bond donors (Lipinski definition) is 2. The third kappa shape index (κ3) is 3.03. The molecule has 0 atom stereocenters. The average molecular weight is 258 g/mol. The summed E-state index contributed by atoms with van der Waals surface area (Å²) in [4.78, 5) is 0. The fraction of sp³-hybridized carbons (Fsp3) is 0.500. The van der Waals surface area contributed by atoms with Crippen LogP contribution in [0.2, 0.25) is 0 Å². The maximum atomic E-state index is 13.5. The van der Waals surface area contributed by atoms with Crippen LogP contribution in [-0.4, -0.2) is 18.1 Å². The molecule has 0 spiro atoms. The monoisotopic (exact) mass is 258 g/mol. The van der Waals surface area contributed by atoms with E-state index >= 15 is 0 Å². The molecule has 0 aromatic heterocycles. The second kappa shape index (κ2) is 5.58. The van der Waals surface area contributed by atoms with E-state index in [1.165, 1.54) is 6.07 Å². The number of nitrogens with one attached hydrogen (secondary N) is 1. The van der Waals surface area contributed by atoms with Crippen LogP contribution in [0.25, 0.3) is 0 Å². The molecule has 0 saturated carbocycles. The minimum absolute atomic E-state index is 0.100. The van der Waals surface area contributed by atoms with Crippen molar-refractivity contribution in [3.63, 3.8) is 0 Å². The Morgan fingerprint density at radius 3 is 2.71 bits per heavy atom. The van der Waals surface area contributed by atoms with Crippen molar-refractivity contribution in [2.45, 2.75) is 12.8 Å². The standard InChI is InChI=1S/C12H16F2N2S/c13-9-1-2-10(15)12(11(9)14)16-7-8-3-5-17-6-4-8/h1-2,8,16H,3-7,15H2. The molecule has 0 unspecified atom stereocenters. The van der Waals surface area contributed by atoms with E-state index in [0.29, 0.717) is 12.5 Å². The highest BCUT2D eigenvalue weighted by atomic mass is 32.2. The summed E-state index contributed by atoms with van der Waals surface area (Å²) >= 11 is 1.94. The van der Waals surface area contributed by atoms with Gasteiger partial charge in [-0.05, 0) is 42.4 Å². The molecule has 3 N–H and O–H groups in total. The minimum atomic E-state index is -0.879. The Balaban J connectivity index is 2.00. The van der Waals surface area contributed by atoms with E-state index in [-0.39, 0.29) is 11.4 Å². The molecule has 1 fully saturated rings. The lowest BCUT2D eigenvalue weighted by Crippen LogP contribution is -2.20. The first-order valence-corrected chi connectivity index (χ1v) is 6.89. The summed E-state index contributed by atoms with van der Waals surface area (Å²) in [5, 5.41) is 2.94. The number of anilines is 2. The van der Waals surface area contributed by atoms with E-state index in [4.69, 9.17) is 5.73 Å². The molecule has 1 aromatic rings. The number of benzene rings is 1. The largest absolute Gasteiger partial charge is 0.397 e. The van der Waals surface area contributed by atoms with Crippen LogP contribution in [0.4, 0.5) is 20.2 Å². The van der Waals surface area contributed by atoms with E-state index in [9.17, 15) is 8.78 Å². The molecule has 0 radical (unpaired) electrons. The molecule has 1 saturated heterocycles. The van der Waals surface area contributed by atoms with E-state index < -0.39 is 11.6 Å². The van der Waals surface area contributed by atoms with Crippen molar-refractivity contribution in [2.75, 3.05) is 29.1 Å². The maximum absolute atomic E-state index is 13.5. The Bertz CT molecular complexity index is 392. The van der Waals surface area contributed by atoms with Gasteiger partial charge in [0.25, 0.3) is 0 Å². The van der Waals surface area contributed by atoms with Crippen molar-refractivity contribution in [1.82, 2.24) is 0 Å². The highest BCUT2D eigenvalue weighted by Crippen LogP contribution is 2.27. The van der Waals surface area contributed by atoms with Crippen LogP contribution in [0.1, 0.15) is 12.8 Å². The van der Waals surface area contributed by atoms with Crippen LogP contribution in [0, 0.1) is 17.6 Å².